The van der Waals surface area contributed by atoms with Gasteiger partial charge in [-0.1, -0.05) is 45.0 Å². The maximum absolute atomic E-state index is 12.7. The van der Waals surface area contributed by atoms with E-state index in [0.717, 1.165) is 18.4 Å². The molecule has 1 aromatic rings. The fraction of sp³-hybridized carbons (Fsp3) is 0.619. The molecule has 4 heteroatoms. The van der Waals surface area contributed by atoms with Gasteiger partial charge in [-0.3, -0.25) is 9.69 Å². The number of hydrogen-bond donors (Lipinski definition) is 0. The number of Topliss-reactive ketones (excluding diaryl/α,β-unsaturated/α-hetero) is 1. The summed E-state index contributed by atoms with van der Waals surface area (Å²) in [7, 11) is 0. The molecule has 138 valence electrons. The van der Waals surface area contributed by atoms with E-state index in [1.165, 1.54) is 5.56 Å². The van der Waals surface area contributed by atoms with Crippen molar-refractivity contribution in [2.75, 3.05) is 6.54 Å². The van der Waals surface area contributed by atoms with Gasteiger partial charge in [0, 0.05) is 13.0 Å². The van der Waals surface area contributed by atoms with Crippen LogP contribution in [-0.2, 0) is 21.4 Å². The first kappa shape index (κ1) is 19.5. The van der Waals surface area contributed by atoms with E-state index < -0.39 is 5.60 Å². The van der Waals surface area contributed by atoms with Crippen LogP contribution in [0.15, 0.2) is 24.3 Å². The Bertz CT molecular complexity index is 620. The maximum Gasteiger partial charge on any atom is 0.410 e. The van der Waals surface area contributed by atoms with E-state index in [-0.39, 0.29) is 23.3 Å². The maximum atomic E-state index is 12.7. The molecule has 1 amide bonds. The number of likely N-dealkylation sites (tertiary alicyclic amines) is 1. The molecule has 1 aliphatic rings. The Balaban J connectivity index is 2.03. The summed E-state index contributed by atoms with van der Waals surface area (Å²) >= 11 is 0. The predicted octanol–water partition coefficient (Wildman–Crippen LogP) is 4.50. The number of rotatable bonds is 3. The van der Waals surface area contributed by atoms with Gasteiger partial charge in [0.15, 0.2) is 5.78 Å². The molecule has 0 aromatic heterocycles. The largest absolute Gasteiger partial charge is 0.444 e. The molecule has 0 unspecified atom stereocenters. The summed E-state index contributed by atoms with van der Waals surface area (Å²) in [6, 6.07) is 7.85. The zero-order valence-electron chi connectivity index (χ0n) is 16.4. The summed E-state index contributed by atoms with van der Waals surface area (Å²) < 4.78 is 5.44. The molecular formula is C21H31NO3. The molecule has 0 saturated carbocycles. The van der Waals surface area contributed by atoms with Crippen LogP contribution in [0.25, 0.3) is 0 Å². The molecular weight excluding hydrogens is 314 g/mol. The highest BCUT2D eigenvalue weighted by Crippen LogP contribution is 2.25. The van der Waals surface area contributed by atoms with Gasteiger partial charge in [0.25, 0.3) is 0 Å². The van der Waals surface area contributed by atoms with Crippen molar-refractivity contribution in [2.24, 2.45) is 0 Å². The molecule has 1 heterocycles. The van der Waals surface area contributed by atoms with E-state index in [2.05, 4.69) is 32.9 Å². The molecule has 1 saturated heterocycles. The number of carbonyl (C=O) groups excluding carboxylic acids is 2. The monoisotopic (exact) mass is 345 g/mol. The van der Waals surface area contributed by atoms with Crippen molar-refractivity contribution in [3.05, 3.63) is 35.4 Å². The third kappa shape index (κ3) is 5.32. The summed E-state index contributed by atoms with van der Waals surface area (Å²) in [5, 5.41) is 0. The third-order valence-corrected chi connectivity index (χ3v) is 4.45. The van der Waals surface area contributed by atoms with E-state index >= 15 is 0 Å². The average molecular weight is 345 g/mol. The van der Waals surface area contributed by atoms with Crippen molar-refractivity contribution in [3.63, 3.8) is 0 Å². The van der Waals surface area contributed by atoms with Crippen molar-refractivity contribution >= 4 is 11.9 Å². The molecule has 2 rings (SSSR count). The molecule has 0 spiro atoms. The zero-order valence-corrected chi connectivity index (χ0v) is 16.4. The Morgan fingerprint density at radius 1 is 1.08 bits per heavy atom. The third-order valence-electron chi connectivity index (χ3n) is 4.45. The highest BCUT2D eigenvalue weighted by Gasteiger charge is 2.36. The van der Waals surface area contributed by atoms with Gasteiger partial charge in [-0.05, 0) is 50.2 Å². The number of ketones is 1. The zero-order chi connectivity index (χ0) is 18.8. The van der Waals surface area contributed by atoms with Gasteiger partial charge in [0.1, 0.15) is 5.60 Å². The van der Waals surface area contributed by atoms with E-state index in [9.17, 15) is 9.59 Å². The van der Waals surface area contributed by atoms with Crippen LogP contribution in [0.3, 0.4) is 0 Å². The minimum absolute atomic E-state index is 0.0897. The van der Waals surface area contributed by atoms with E-state index in [1.807, 2.05) is 32.9 Å². The summed E-state index contributed by atoms with van der Waals surface area (Å²) in [4.78, 5) is 26.7. The van der Waals surface area contributed by atoms with Gasteiger partial charge in [-0.15, -0.1) is 0 Å². The molecule has 1 aliphatic heterocycles. The minimum atomic E-state index is -0.546. The van der Waals surface area contributed by atoms with Crippen LogP contribution in [-0.4, -0.2) is 35.0 Å². The standard InChI is InChI=1S/C21H31NO3/c1-20(2,3)16-11-9-15(10-12-16)14-18(23)17-8-7-13-22(17)19(24)25-21(4,5)6/h9-12,17H,7-8,13-14H2,1-6H3/t17-/m0/s1. The second-order valence-electron chi connectivity index (χ2n) is 8.92. The fourth-order valence-corrected chi connectivity index (χ4v) is 3.08. The molecule has 1 atom stereocenters. The summed E-state index contributed by atoms with van der Waals surface area (Å²) in [6.45, 7) is 12.6. The van der Waals surface area contributed by atoms with Crippen molar-refractivity contribution < 1.29 is 14.3 Å². The molecule has 0 aliphatic carbocycles. The smallest absolute Gasteiger partial charge is 0.410 e. The normalized spacial score (nSPS) is 18.3. The van der Waals surface area contributed by atoms with Gasteiger partial charge in [0.2, 0.25) is 0 Å². The average Bonchev–Trinajstić information content (AvgIpc) is 2.94. The van der Waals surface area contributed by atoms with Gasteiger partial charge in [-0.2, -0.15) is 0 Å². The van der Waals surface area contributed by atoms with Gasteiger partial charge >= 0.3 is 6.09 Å². The number of ether oxygens (including phenoxy) is 1. The van der Waals surface area contributed by atoms with Crippen molar-refractivity contribution in [3.8, 4) is 0 Å². The van der Waals surface area contributed by atoms with Crippen LogP contribution in [0, 0.1) is 0 Å². The lowest BCUT2D eigenvalue weighted by molar-refractivity contribution is -0.122. The Morgan fingerprint density at radius 2 is 1.68 bits per heavy atom. The van der Waals surface area contributed by atoms with E-state index in [1.54, 1.807) is 4.90 Å². The van der Waals surface area contributed by atoms with E-state index in [4.69, 9.17) is 4.74 Å². The fourth-order valence-electron chi connectivity index (χ4n) is 3.08. The first-order valence-electron chi connectivity index (χ1n) is 9.09. The highest BCUT2D eigenvalue weighted by atomic mass is 16.6. The molecule has 0 bridgehead atoms. The second kappa shape index (κ2) is 7.19. The SMILES string of the molecule is CC(C)(C)OC(=O)N1CCC[C@H]1C(=O)Cc1ccc(C(C)(C)C)cc1. The second-order valence-corrected chi connectivity index (χ2v) is 8.92. The first-order valence-corrected chi connectivity index (χ1v) is 9.09. The number of carbonyl (C=O) groups is 2. The van der Waals surface area contributed by atoms with Crippen molar-refractivity contribution in [2.45, 2.75) is 77.9 Å². The van der Waals surface area contributed by atoms with E-state index in [0.29, 0.717) is 13.0 Å². The lowest BCUT2D eigenvalue weighted by Crippen LogP contribution is -2.43. The van der Waals surface area contributed by atoms with Crippen LogP contribution < -0.4 is 0 Å². The molecule has 0 N–H and O–H groups in total. The van der Waals surface area contributed by atoms with Crippen molar-refractivity contribution in [1.82, 2.24) is 4.90 Å². The molecule has 1 aromatic carbocycles. The minimum Gasteiger partial charge on any atom is -0.444 e. The molecule has 4 nitrogen and oxygen atoms in total. The lowest BCUT2D eigenvalue weighted by atomic mass is 9.86. The summed E-state index contributed by atoms with van der Waals surface area (Å²) in [5.41, 5.74) is 1.80. The Labute approximate surface area is 151 Å². The number of hydrogen-bond acceptors (Lipinski definition) is 3. The highest BCUT2D eigenvalue weighted by molar-refractivity contribution is 5.89. The Morgan fingerprint density at radius 3 is 2.20 bits per heavy atom. The van der Waals surface area contributed by atoms with Crippen LogP contribution in [0.1, 0.15) is 65.5 Å². The number of amides is 1. The quantitative estimate of drug-likeness (QED) is 0.810. The summed E-state index contributed by atoms with van der Waals surface area (Å²) in [6.07, 6.45) is 1.54. The van der Waals surface area contributed by atoms with Crippen LogP contribution in [0.4, 0.5) is 4.79 Å². The van der Waals surface area contributed by atoms with Crippen LogP contribution >= 0.6 is 0 Å². The van der Waals surface area contributed by atoms with Crippen LogP contribution in [0.2, 0.25) is 0 Å². The predicted molar refractivity (Wildman–Crippen MR) is 99.8 cm³/mol. The lowest BCUT2D eigenvalue weighted by Gasteiger charge is -2.28. The van der Waals surface area contributed by atoms with Gasteiger partial charge in [0.05, 0.1) is 6.04 Å². The van der Waals surface area contributed by atoms with Gasteiger partial charge in [-0.25, -0.2) is 4.79 Å². The number of nitrogens with zero attached hydrogens (tertiary/aromatic N) is 1. The molecule has 25 heavy (non-hydrogen) atoms. The first-order chi connectivity index (χ1) is 11.5. The Hall–Kier alpha value is -1.84. The topological polar surface area (TPSA) is 46.6 Å². The molecule has 0 radical (unpaired) electrons. The molecule has 1 fully saturated rings. The summed E-state index contributed by atoms with van der Waals surface area (Å²) in [5.74, 6) is 0.0897. The Kier molecular flexibility index (Phi) is 5.60. The van der Waals surface area contributed by atoms with Crippen LogP contribution in [0.5, 0.6) is 0 Å². The van der Waals surface area contributed by atoms with Crippen molar-refractivity contribution in [1.29, 1.82) is 0 Å². The number of benzene rings is 1. The van der Waals surface area contributed by atoms with Gasteiger partial charge < -0.3 is 4.74 Å².